The van der Waals surface area contributed by atoms with Gasteiger partial charge in [0.25, 0.3) is 0 Å². The normalized spacial score (nSPS) is 13.5. The number of fused-ring (bicyclic) bond motifs is 1. The highest BCUT2D eigenvalue weighted by molar-refractivity contribution is 6.50. The third-order valence-corrected chi connectivity index (χ3v) is 4.33. The topological polar surface area (TPSA) is 63.7 Å². The van der Waals surface area contributed by atoms with E-state index in [0.717, 1.165) is 4.90 Å². The summed E-state index contributed by atoms with van der Waals surface area (Å²) < 4.78 is 5.57. The van der Waals surface area contributed by atoms with Gasteiger partial charge in [0, 0.05) is 18.1 Å². The van der Waals surface area contributed by atoms with Gasteiger partial charge in [0.2, 0.25) is 17.5 Å². The smallest absolute Gasteiger partial charge is 0.228 e. The predicted octanol–water partition coefficient (Wildman–Crippen LogP) is 3.97. The van der Waals surface area contributed by atoms with E-state index in [1.807, 2.05) is 6.92 Å². The van der Waals surface area contributed by atoms with E-state index in [0.29, 0.717) is 18.0 Å². The van der Waals surface area contributed by atoms with Crippen molar-refractivity contribution in [3.63, 3.8) is 0 Å². The lowest BCUT2D eigenvalue weighted by atomic mass is 9.91. The van der Waals surface area contributed by atoms with E-state index in [-0.39, 0.29) is 21.9 Å². The van der Waals surface area contributed by atoms with E-state index in [2.05, 4.69) is 0 Å². The van der Waals surface area contributed by atoms with Crippen LogP contribution in [0.25, 0.3) is 0 Å². The molecule has 0 fully saturated rings. The predicted molar refractivity (Wildman–Crippen MR) is 98.8 cm³/mol. The van der Waals surface area contributed by atoms with Crippen LogP contribution < -0.4 is 9.64 Å². The molecule has 2 aromatic carbocycles. The molecule has 0 spiro atoms. The molecule has 0 atom stereocenters. The second kappa shape index (κ2) is 7.14. The maximum Gasteiger partial charge on any atom is 0.228 e. The Labute approximate surface area is 155 Å². The summed E-state index contributed by atoms with van der Waals surface area (Å²) in [7, 11) is 0. The molecule has 1 aliphatic carbocycles. The van der Waals surface area contributed by atoms with Crippen molar-refractivity contribution in [3.8, 4) is 5.75 Å². The second-order valence-corrected chi connectivity index (χ2v) is 6.00. The average molecular weight is 370 g/mol. The SMILES string of the molecule is CCOc1ccccc1N(C(C)=O)C1=C(Cl)C(=O)c2ccccc2C1=O. The molecular formula is C20H16ClNO4. The van der Waals surface area contributed by atoms with Crippen molar-refractivity contribution in [2.75, 3.05) is 11.5 Å². The molecular weight excluding hydrogens is 354 g/mol. The minimum Gasteiger partial charge on any atom is -0.492 e. The van der Waals surface area contributed by atoms with Gasteiger partial charge < -0.3 is 4.74 Å². The van der Waals surface area contributed by atoms with Gasteiger partial charge in [-0.25, -0.2) is 0 Å². The molecule has 0 radical (unpaired) electrons. The van der Waals surface area contributed by atoms with Crippen molar-refractivity contribution in [2.45, 2.75) is 13.8 Å². The first-order valence-corrected chi connectivity index (χ1v) is 8.45. The summed E-state index contributed by atoms with van der Waals surface area (Å²) in [5, 5.41) is -0.282. The maximum atomic E-state index is 13.0. The van der Waals surface area contributed by atoms with E-state index in [1.54, 1.807) is 48.5 Å². The van der Waals surface area contributed by atoms with Crippen LogP contribution in [0.4, 0.5) is 5.69 Å². The van der Waals surface area contributed by atoms with Gasteiger partial charge in [-0.05, 0) is 19.1 Å². The van der Waals surface area contributed by atoms with Gasteiger partial charge in [-0.1, -0.05) is 48.0 Å². The van der Waals surface area contributed by atoms with E-state index >= 15 is 0 Å². The Kier molecular flexibility index (Phi) is 4.91. The lowest BCUT2D eigenvalue weighted by Gasteiger charge is -2.28. The Morgan fingerprint density at radius 1 is 1.00 bits per heavy atom. The van der Waals surface area contributed by atoms with Crippen molar-refractivity contribution in [3.05, 3.63) is 70.4 Å². The van der Waals surface area contributed by atoms with Gasteiger partial charge >= 0.3 is 0 Å². The fourth-order valence-corrected chi connectivity index (χ4v) is 3.17. The number of benzene rings is 2. The molecule has 0 aliphatic heterocycles. The van der Waals surface area contributed by atoms with Gasteiger partial charge in [-0.15, -0.1) is 0 Å². The molecule has 132 valence electrons. The molecule has 5 nitrogen and oxygen atoms in total. The summed E-state index contributed by atoms with van der Waals surface area (Å²) in [6, 6.07) is 13.2. The molecule has 0 aromatic heterocycles. The molecule has 26 heavy (non-hydrogen) atoms. The lowest BCUT2D eigenvalue weighted by Crippen LogP contribution is -2.36. The van der Waals surface area contributed by atoms with Crippen molar-refractivity contribution >= 4 is 34.8 Å². The zero-order chi connectivity index (χ0) is 18.8. The lowest BCUT2D eigenvalue weighted by molar-refractivity contribution is -0.116. The molecule has 0 heterocycles. The van der Waals surface area contributed by atoms with Crippen LogP contribution in [-0.4, -0.2) is 24.1 Å². The third-order valence-electron chi connectivity index (χ3n) is 3.98. The fraction of sp³-hybridized carbons (Fsp3) is 0.150. The number of halogens is 1. The van der Waals surface area contributed by atoms with Crippen LogP contribution in [0, 0.1) is 0 Å². The third kappa shape index (κ3) is 2.91. The van der Waals surface area contributed by atoms with Crippen LogP contribution in [0.3, 0.4) is 0 Å². The number of ether oxygens (including phenoxy) is 1. The number of carbonyl (C=O) groups excluding carboxylic acids is 3. The molecule has 0 unspecified atom stereocenters. The number of rotatable bonds is 4. The molecule has 0 saturated heterocycles. The fourth-order valence-electron chi connectivity index (χ4n) is 2.90. The van der Waals surface area contributed by atoms with Crippen molar-refractivity contribution in [2.24, 2.45) is 0 Å². The molecule has 2 aromatic rings. The van der Waals surface area contributed by atoms with E-state index in [4.69, 9.17) is 16.3 Å². The van der Waals surface area contributed by atoms with Crippen LogP contribution >= 0.6 is 11.6 Å². The first-order chi connectivity index (χ1) is 12.5. The van der Waals surface area contributed by atoms with Gasteiger partial charge in [0.1, 0.15) is 16.5 Å². The zero-order valence-electron chi connectivity index (χ0n) is 14.3. The Morgan fingerprint density at radius 3 is 2.19 bits per heavy atom. The second-order valence-electron chi connectivity index (χ2n) is 5.62. The Hall–Kier alpha value is -2.92. The number of allylic oxidation sites excluding steroid dienone is 2. The summed E-state index contributed by atoms with van der Waals surface area (Å²) >= 11 is 6.25. The summed E-state index contributed by atoms with van der Waals surface area (Å²) in [5.74, 6) is -1.00. The monoisotopic (exact) mass is 369 g/mol. The number of para-hydroxylation sites is 2. The number of ketones is 2. The standard InChI is InChI=1S/C20H16ClNO4/c1-3-26-16-11-7-6-10-15(16)22(12(2)23)18-17(21)19(24)13-8-4-5-9-14(13)20(18)25/h4-11H,3H2,1-2H3. The van der Waals surface area contributed by atoms with Crippen LogP contribution in [0.15, 0.2) is 59.3 Å². The van der Waals surface area contributed by atoms with Crippen LogP contribution in [0.2, 0.25) is 0 Å². The van der Waals surface area contributed by atoms with Gasteiger partial charge in [-0.2, -0.15) is 0 Å². The molecule has 0 N–H and O–H groups in total. The maximum absolute atomic E-state index is 13.0. The van der Waals surface area contributed by atoms with Crippen molar-refractivity contribution in [1.29, 1.82) is 0 Å². The first kappa shape index (κ1) is 17.9. The van der Waals surface area contributed by atoms with Crippen LogP contribution in [-0.2, 0) is 4.79 Å². The molecule has 6 heteroatoms. The number of carbonyl (C=O) groups is 3. The minimum absolute atomic E-state index is 0.157. The molecule has 0 bridgehead atoms. The number of hydrogen-bond acceptors (Lipinski definition) is 4. The summed E-state index contributed by atoms with van der Waals surface area (Å²) in [6.45, 7) is 3.50. The van der Waals surface area contributed by atoms with E-state index in [1.165, 1.54) is 6.92 Å². The Bertz CT molecular complexity index is 948. The van der Waals surface area contributed by atoms with Crippen molar-refractivity contribution in [1.82, 2.24) is 0 Å². The van der Waals surface area contributed by atoms with Gasteiger partial charge in [0.05, 0.1) is 12.3 Å². The van der Waals surface area contributed by atoms with Crippen LogP contribution in [0.1, 0.15) is 34.6 Å². The van der Waals surface area contributed by atoms with E-state index < -0.39 is 17.5 Å². The van der Waals surface area contributed by atoms with Crippen LogP contribution in [0.5, 0.6) is 5.75 Å². The number of Topliss-reactive ketones (excluding diaryl/α,β-unsaturated/α-hetero) is 2. The molecule has 0 saturated carbocycles. The number of hydrogen-bond donors (Lipinski definition) is 0. The Balaban J connectivity index is 2.22. The van der Waals surface area contributed by atoms with Crippen molar-refractivity contribution < 1.29 is 19.1 Å². The number of amides is 1. The van der Waals surface area contributed by atoms with E-state index in [9.17, 15) is 14.4 Å². The highest BCUT2D eigenvalue weighted by Crippen LogP contribution is 2.37. The molecule has 1 aliphatic rings. The number of anilines is 1. The summed E-state index contributed by atoms with van der Waals surface area (Å²) in [6.07, 6.45) is 0. The highest BCUT2D eigenvalue weighted by Gasteiger charge is 2.37. The van der Waals surface area contributed by atoms with Gasteiger partial charge in [0.15, 0.2) is 0 Å². The summed E-state index contributed by atoms with van der Waals surface area (Å²) in [5.41, 5.74) is 0.649. The zero-order valence-corrected chi connectivity index (χ0v) is 15.0. The minimum atomic E-state index is -0.489. The quantitative estimate of drug-likeness (QED) is 0.818. The molecule has 3 rings (SSSR count). The van der Waals surface area contributed by atoms with Gasteiger partial charge in [-0.3, -0.25) is 19.3 Å². The summed E-state index contributed by atoms with van der Waals surface area (Å²) in [4.78, 5) is 39.2. The Morgan fingerprint density at radius 2 is 1.58 bits per heavy atom. The first-order valence-electron chi connectivity index (χ1n) is 8.08. The average Bonchev–Trinajstić information content (AvgIpc) is 2.64. The number of nitrogens with zero attached hydrogens (tertiary/aromatic N) is 1. The molecule has 1 amide bonds. The largest absolute Gasteiger partial charge is 0.492 e. The highest BCUT2D eigenvalue weighted by atomic mass is 35.5.